The molecule has 0 atom stereocenters. The average Bonchev–Trinajstić information content (AvgIpc) is 2.71. The molecule has 2 N–H and O–H groups in total. The minimum atomic E-state index is -0.172. The number of carbonyl (C=O) groups excluding carboxylic acids is 1. The first kappa shape index (κ1) is 19.4. The van der Waals surface area contributed by atoms with Crippen LogP contribution < -0.4 is 10.1 Å². The second-order valence-corrected chi connectivity index (χ2v) is 6.42. The van der Waals surface area contributed by atoms with Crippen molar-refractivity contribution in [2.75, 3.05) is 12.4 Å². The number of phenols is 1. The van der Waals surface area contributed by atoms with Gasteiger partial charge in [0.1, 0.15) is 11.5 Å². The summed E-state index contributed by atoms with van der Waals surface area (Å²) in [7, 11) is 1.63. The molecule has 6 nitrogen and oxygen atoms in total. The quantitative estimate of drug-likeness (QED) is 0.650. The molecule has 0 spiro atoms. The number of phenolic OH excluding ortho intramolecular Hbond substituents is 1. The molecule has 0 aliphatic rings. The summed E-state index contributed by atoms with van der Waals surface area (Å²) < 4.78 is 5.19. The van der Waals surface area contributed by atoms with Gasteiger partial charge in [-0.2, -0.15) is 0 Å². The van der Waals surface area contributed by atoms with Crippen LogP contribution in [0.5, 0.6) is 11.5 Å². The number of aryl methyl sites for hydroxylation is 1. The van der Waals surface area contributed by atoms with Gasteiger partial charge in [0.2, 0.25) is 5.91 Å². The number of ether oxygens (including phenoxy) is 1. The van der Waals surface area contributed by atoms with Crippen molar-refractivity contribution in [3.63, 3.8) is 0 Å². The zero-order valence-electron chi connectivity index (χ0n) is 16.0. The van der Waals surface area contributed by atoms with Crippen molar-refractivity contribution in [1.82, 2.24) is 9.97 Å². The molecule has 2 aromatic carbocycles. The summed E-state index contributed by atoms with van der Waals surface area (Å²) in [5.41, 5.74) is 3.26. The Morgan fingerprint density at radius 1 is 1.11 bits per heavy atom. The Morgan fingerprint density at radius 2 is 1.82 bits per heavy atom. The number of hydrogen-bond donors (Lipinski definition) is 2. The number of hydrogen-bond acceptors (Lipinski definition) is 5. The maximum absolute atomic E-state index is 12.4. The van der Waals surface area contributed by atoms with Crippen LogP contribution in [-0.2, 0) is 17.6 Å². The average molecular weight is 377 g/mol. The Bertz CT molecular complexity index is 938. The van der Waals surface area contributed by atoms with Gasteiger partial charge < -0.3 is 15.2 Å². The summed E-state index contributed by atoms with van der Waals surface area (Å²) in [6, 6.07) is 14.2. The van der Waals surface area contributed by atoms with E-state index in [1.165, 1.54) is 0 Å². The number of nitrogens with one attached hydrogen (secondary N) is 1. The molecule has 28 heavy (non-hydrogen) atoms. The van der Waals surface area contributed by atoms with Crippen molar-refractivity contribution in [3.05, 3.63) is 66.0 Å². The Labute approximate surface area is 164 Å². The van der Waals surface area contributed by atoms with Crippen LogP contribution in [0.4, 0.5) is 5.82 Å². The molecule has 0 unspecified atom stereocenters. The molecule has 0 saturated carbocycles. The topological polar surface area (TPSA) is 84.3 Å². The number of rotatable bonds is 7. The third kappa shape index (κ3) is 4.85. The van der Waals surface area contributed by atoms with E-state index in [9.17, 15) is 9.90 Å². The van der Waals surface area contributed by atoms with Gasteiger partial charge in [0.05, 0.1) is 31.1 Å². The lowest BCUT2D eigenvalue weighted by Gasteiger charge is -2.11. The second kappa shape index (κ2) is 8.99. The molecule has 0 bridgehead atoms. The molecule has 6 heteroatoms. The number of aromatic nitrogens is 2. The Hall–Kier alpha value is -3.41. The minimum Gasteiger partial charge on any atom is -0.508 e. The zero-order chi connectivity index (χ0) is 19.9. The lowest BCUT2D eigenvalue weighted by molar-refractivity contribution is -0.115. The van der Waals surface area contributed by atoms with Crippen LogP contribution in [0.1, 0.15) is 24.6 Å². The van der Waals surface area contributed by atoms with E-state index in [1.807, 2.05) is 24.3 Å². The first-order valence-corrected chi connectivity index (χ1v) is 9.17. The first-order chi connectivity index (χ1) is 13.6. The summed E-state index contributed by atoms with van der Waals surface area (Å²) in [6.45, 7) is 2.06. The largest absolute Gasteiger partial charge is 0.508 e. The smallest absolute Gasteiger partial charge is 0.229 e. The van der Waals surface area contributed by atoms with Gasteiger partial charge in [-0.3, -0.25) is 4.79 Å². The van der Waals surface area contributed by atoms with Crippen LogP contribution in [-0.4, -0.2) is 28.1 Å². The van der Waals surface area contributed by atoms with Crippen molar-refractivity contribution in [2.45, 2.75) is 26.2 Å². The summed E-state index contributed by atoms with van der Waals surface area (Å²) in [4.78, 5) is 21.5. The molecule has 1 heterocycles. The number of anilines is 1. The molecule has 0 saturated heterocycles. The molecule has 0 fully saturated rings. The van der Waals surface area contributed by atoms with E-state index >= 15 is 0 Å². The highest BCUT2D eigenvalue weighted by Crippen LogP contribution is 2.23. The number of aromatic hydroxyl groups is 1. The van der Waals surface area contributed by atoms with Gasteiger partial charge in [0, 0.05) is 5.56 Å². The molecule has 0 aliphatic carbocycles. The Balaban J connectivity index is 1.78. The van der Waals surface area contributed by atoms with E-state index < -0.39 is 0 Å². The third-order valence-corrected chi connectivity index (χ3v) is 4.28. The van der Waals surface area contributed by atoms with Crippen molar-refractivity contribution in [3.8, 4) is 22.8 Å². The van der Waals surface area contributed by atoms with Gasteiger partial charge >= 0.3 is 0 Å². The molecular formula is C22H23N3O3. The molecule has 1 aromatic heterocycles. The van der Waals surface area contributed by atoms with Gasteiger partial charge in [0.25, 0.3) is 0 Å². The highest BCUT2D eigenvalue weighted by molar-refractivity contribution is 5.92. The fourth-order valence-electron chi connectivity index (χ4n) is 2.82. The van der Waals surface area contributed by atoms with Gasteiger partial charge in [-0.15, -0.1) is 0 Å². The van der Waals surface area contributed by atoms with E-state index in [-0.39, 0.29) is 18.1 Å². The molecule has 144 valence electrons. The third-order valence-electron chi connectivity index (χ3n) is 4.28. The maximum Gasteiger partial charge on any atom is 0.229 e. The van der Waals surface area contributed by atoms with Crippen LogP contribution in [0.25, 0.3) is 11.3 Å². The summed E-state index contributed by atoms with van der Waals surface area (Å²) in [5.74, 6) is 1.27. The van der Waals surface area contributed by atoms with E-state index in [0.29, 0.717) is 12.2 Å². The molecule has 3 rings (SSSR count). The lowest BCUT2D eigenvalue weighted by atomic mass is 10.1. The van der Waals surface area contributed by atoms with Gasteiger partial charge in [-0.05, 0) is 48.4 Å². The zero-order valence-corrected chi connectivity index (χ0v) is 16.0. The second-order valence-electron chi connectivity index (χ2n) is 6.42. The van der Waals surface area contributed by atoms with Crippen molar-refractivity contribution < 1.29 is 14.6 Å². The molecule has 3 aromatic rings. The van der Waals surface area contributed by atoms with E-state index in [1.54, 1.807) is 37.6 Å². The SMILES string of the molecule is CCCc1nc(-c2ccc(OC)cc2)cnc1NC(=O)Cc1ccc(O)cc1. The lowest BCUT2D eigenvalue weighted by Crippen LogP contribution is -2.17. The highest BCUT2D eigenvalue weighted by atomic mass is 16.5. The normalized spacial score (nSPS) is 10.5. The highest BCUT2D eigenvalue weighted by Gasteiger charge is 2.12. The van der Waals surface area contributed by atoms with Crippen LogP contribution >= 0.6 is 0 Å². The van der Waals surface area contributed by atoms with E-state index in [0.717, 1.165) is 34.7 Å². The summed E-state index contributed by atoms with van der Waals surface area (Å²) in [6.07, 6.45) is 3.47. The fraction of sp³-hybridized carbons (Fsp3) is 0.227. The van der Waals surface area contributed by atoms with Crippen LogP contribution in [0.2, 0.25) is 0 Å². The predicted octanol–water partition coefficient (Wildman–Crippen LogP) is 3.99. The number of benzene rings is 2. The number of methoxy groups -OCH3 is 1. The van der Waals surface area contributed by atoms with Crippen molar-refractivity contribution in [2.24, 2.45) is 0 Å². The summed E-state index contributed by atoms with van der Waals surface area (Å²) in [5, 5.41) is 12.2. The van der Waals surface area contributed by atoms with E-state index in [2.05, 4.69) is 17.2 Å². The monoisotopic (exact) mass is 377 g/mol. The van der Waals surface area contributed by atoms with E-state index in [4.69, 9.17) is 9.72 Å². The van der Waals surface area contributed by atoms with Gasteiger partial charge in [-0.25, -0.2) is 9.97 Å². The molecular weight excluding hydrogens is 354 g/mol. The molecule has 1 amide bonds. The molecule has 0 aliphatic heterocycles. The first-order valence-electron chi connectivity index (χ1n) is 9.17. The van der Waals surface area contributed by atoms with Crippen molar-refractivity contribution >= 4 is 11.7 Å². The Morgan fingerprint density at radius 3 is 2.46 bits per heavy atom. The van der Waals surface area contributed by atoms with Crippen LogP contribution in [0.3, 0.4) is 0 Å². The van der Waals surface area contributed by atoms with Crippen LogP contribution in [0, 0.1) is 0 Å². The molecule has 0 radical (unpaired) electrons. The number of amides is 1. The minimum absolute atomic E-state index is 0.172. The van der Waals surface area contributed by atoms with Crippen LogP contribution in [0.15, 0.2) is 54.7 Å². The van der Waals surface area contributed by atoms with Gasteiger partial charge in [-0.1, -0.05) is 25.5 Å². The van der Waals surface area contributed by atoms with Gasteiger partial charge in [0.15, 0.2) is 5.82 Å². The van der Waals surface area contributed by atoms with Crippen molar-refractivity contribution in [1.29, 1.82) is 0 Å². The number of carbonyl (C=O) groups is 1. The number of nitrogens with zero attached hydrogens (tertiary/aromatic N) is 2. The predicted molar refractivity (Wildman–Crippen MR) is 108 cm³/mol. The maximum atomic E-state index is 12.4. The fourth-order valence-corrected chi connectivity index (χ4v) is 2.82. The summed E-state index contributed by atoms with van der Waals surface area (Å²) >= 11 is 0. The Kier molecular flexibility index (Phi) is 6.22. The standard InChI is InChI=1S/C22H23N3O3/c1-3-4-19-22(25-21(27)13-15-5-9-17(26)10-6-15)23-14-20(24-19)16-7-11-18(28-2)12-8-16/h5-12,14,26H,3-4,13H2,1-2H3,(H,23,25,27).